The molecule has 1 saturated carbocycles. The molecule has 0 spiro atoms. The van der Waals surface area contributed by atoms with Crippen LogP contribution in [0.2, 0.25) is 0 Å². The monoisotopic (exact) mass is 340 g/mol. The predicted octanol–water partition coefficient (Wildman–Crippen LogP) is 7.52. The van der Waals surface area contributed by atoms with Gasteiger partial charge in [0.15, 0.2) is 17.5 Å². The molecule has 1 aliphatic rings. The lowest BCUT2D eigenvalue weighted by atomic mass is 9.77. The quantitative estimate of drug-likeness (QED) is 0.322. The van der Waals surface area contributed by atoms with Crippen LogP contribution < -0.4 is 0 Å². The van der Waals surface area contributed by atoms with Gasteiger partial charge in [0, 0.05) is 0 Å². The number of hydrogen-bond donors (Lipinski definition) is 0. The van der Waals surface area contributed by atoms with Crippen molar-refractivity contribution >= 4 is 0 Å². The van der Waals surface area contributed by atoms with Gasteiger partial charge in [-0.1, -0.05) is 58.3 Å². The molecule has 0 radical (unpaired) electrons. The van der Waals surface area contributed by atoms with E-state index in [1.165, 1.54) is 63.5 Å². The Labute approximate surface area is 144 Å². The maximum Gasteiger partial charge on any atom is 0.194 e. The van der Waals surface area contributed by atoms with E-state index in [4.69, 9.17) is 0 Å². The van der Waals surface area contributed by atoms with Gasteiger partial charge in [-0.25, -0.2) is 13.2 Å². The van der Waals surface area contributed by atoms with Crippen LogP contribution in [0, 0.1) is 23.4 Å². The molecule has 0 bridgehead atoms. The van der Waals surface area contributed by atoms with E-state index in [1.54, 1.807) is 0 Å². The van der Waals surface area contributed by atoms with Gasteiger partial charge in [-0.3, -0.25) is 0 Å². The summed E-state index contributed by atoms with van der Waals surface area (Å²) >= 11 is 0. The second kappa shape index (κ2) is 10.1. The van der Waals surface area contributed by atoms with Crippen molar-refractivity contribution in [1.29, 1.82) is 0 Å². The first kappa shape index (κ1) is 19.3. The molecule has 1 aliphatic carbocycles. The minimum absolute atomic E-state index is 0.180. The van der Waals surface area contributed by atoms with Gasteiger partial charge in [0.2, 0.25) is 0 Å². The minimum Gasteiger partial charge on any atom is -0.204 e. The molecule has 1 aromatic carbocycles. The molecule has 136 valence electrons. The Hall–Kier alpha value is -0.990. The van der Waals surface area contributed by atoms with E-state index >= 15 is 0 Å². The fourth-order valence-corrected chi connectivity index (χ4v) is 3.99. The highest BCUT2D eigenvalue weighted by molar-refractivity contribution is 5.23. The van der Waals surface area contributed by atoms with Crippen LogP contribution in [0.4, 0.5) is 13.2 Å². The third-order valence-electron chi connectivity index (χ3n) is 5.54. The molecule has 0 aliphatic heterocycles. The summed E-state index contributed by atoms with van der Waals surface area (Å²) in [5.41, 5.74) is 0.626. The summed E-state index contributed by atoms with van der Waals surface area (Å²) in [4.78, 5) is 0. The molecule has 0 aromatic heterocycles. The van der Waals surface area contributed by atoms with E-state index in [0.717, 1.165) is 31.6 Å². The average molecular weight is 340 g/mol. The summed E-state index contributed by atoms with van der Waals surface area (Å²) < 4.78 is 39.8. The lowest BCUT2D eigenvalue weighted by molar-refractivity contribution is 0.300. The average Bonchev–Trinajstić information content (AvgIpc) is 2.59. The van der Waals surface area contributed by atoms with Crippen LogP contribution >= 0.6 is 0 Å². The summed E-state index contributed by atoms with van der Waals surface area (Å²) in [7, 11) is 0. The van der Waals surface area contributed by atoms with Gasteiger partial charge >= 0.3 is 0 Å². The van der Waals surface area contributed by atoms with E-state index in [0.29, 0.717) is 5.56 Å². The van der Waals surface area contributed by atoms with Crippen molar-refractivity contribution in [2.75, 3.05) is 0 Å². The minimum atomic E-state index is -1.36. The Kier molecular flexibility index (Phi) is 8.14. The molecule has 0 heterocycles. The smallest absolute Gasteiger partial charge is 0.194 e. The first-order chi connectivity index (χ1) is 11.6. The molecule has 24 heavy (non-hydrogen) atoms. The molecule has 0 atom stereocenters. The fourth-order valence-electron chi connectivity index (χ4n) is 3.99. The second-order valence-corrected chi connectivity index (χ2v) is 7.43. The van der Waals surface area contributed by atoms with Crippen LogP contribution in [0.3, 0.4) is 0 Å². The van der Waals surface area contributed by atoms with Gasteiger partial charge < -0.3 is 0 Å². The highest BCUT2D eigenvalue weighted by Crippen LogP contribution is 2.38. The normalized spacial score (nSPS) is 21.2. The third-order valence-corrected chi connectivity index (χ3v) is 5.54. The van der Waals surface area contributed by atoms with E-state index in [2.05, 4.69) is 6.92 Å². The van der Waals surface area contributed by atoms with Crippen LogP contribution in [0.1, 0.15) is 95.5 Å². The van der Waals surface area contributed by atoms with Crippen LogP contribution in [0.15, 0.2) is 12.1 Å². The Balaban J connectivity index is 1.66. The summed E-state index contributed by atoms with van der Waals surface area (Å²) in [6.45, 7) is 2.24. The van der Waals surface area contributed by atoms with Crippen molar-refractivity contribution in [3.8, 4) is 0 Å². The topological polar surface area (TPSA) is 0 Å². The predicted molar refractivity (Wildman–Crippen MR) is 93.6 cm³/mol. The first-order valence-electron chi connectivity index (χ1n) is 9.76. The number of unbranched alkanes of at least 4 members (excludes halogenated alkanes) is 6. The zero-order chi connectivity index (χ0) is 17.4. The lowest BCUT2D eigenvalue weighted by Crippen LogP contribution is -2.14. The van der Waals surface area contributed by atoms with Gasteiger partial charge in [-0.2, -0.15) is 0 Å². The van der Waals surface area contributed by atoms with Crippen LogP contribution in [-0.4, -0.2) is 0 Å². The van der Waals surface area contributed by atoms with E-state index < -0.39 is 17.5 Å². The fraction of sp³-hybridized carbons (Fsp3) is 0.714. The first-order valence-corrected chi connectivity index (χ1v) is 9.76. The number of halogens is 3. The molecule has 0 saturated heterocycles. The largest absolute Gasteiger partial charge is 0.204 e. The summed E-state index contributed by atoms with van der Waals surface area (Å²) in [6, 6.07) is 2.36. The standard InChI is InChI=1S/C21H31F3/c1-2-3-4-5-6-7-8-9-16-10-12-17(13-11-16)18-14-19(22)21(24)20(23)15-18/h14-17H,2-13H2,1H3. The molecule has 2 rings (SSSR count). The third kappa shape index (κ3) is 5.82. The van der Waals surface area contributed by atoms with Crippen molar-refractivity contribution in [2.45, 2.75) is 89.9 Å². The Bertz CT molecular complexity index is 467. The van der Waals surface area contributed by atoms with Crippen molar-refractivity contribution in [1.82, 2.24) is 0 Å². The molecule has 1 aromatic rings. The van der Waals surface area contributed by atoms with Crippen molar-refractivity contribution in [3.05, 3.63) is 35.1 Å². The molecule has 0 N–H and O–H groups in total. The zero-order valence-corrected chi connectivity index (χ0v) is 14.9. The Morgan fingerprint density at radius 3 is 1.92 bits per heavy atom. The maximum absolute atomic E-state index is 13.4. The summed E-state index contributed by atoms with van der Waals surface area (Å²) in [5, 5.41) is 0. The number of rotatable bonds is 9. The van der Waals surface area contributed by atoms with Gasteiger partial charge in [0.05, 0.1) is 0 Å². The molecule has 0 nitrogen and oxygen atoms in total. The van der Waals surface area contributed by atoms with E-state index in [9.17, 15) is 13.2 Å². The van der Waals surface area contributed by atoms with Gasteiger partial charge in [-0.15, -0.1) is 0 Å². The lowest BCUT2D eigenvalue weighted by Gasteiger charge is -2.29. The molecule has 3 heteroatoms. The molecule has 1 fully saturated rings. The molecular weight excluding hydrogens is 309 g/mol. The highest BCUT2D eigenvalue weighted by Gasteiger charge is 2.24. The molecule has 0 unspecified atom stereocenters. The van der Waals surface area contributed by atoms with Crippen LogP contribution in [0.25, 0.3) is 0 Å². The highest BCUT2D eigenvalue weighted by atomic mass is 19.2. The number of hydrogen-bond acceptors (Lipinski definition) is 0. The van der Waals surface area contributed by atoms with Crippen LogP contribution in [0.5, 0.6) is 0 Å². The van der Waals surface area contributed by atoms with Crippen molar-refractivity contribution in [3.63, 3.8) is 0 Å². The van der Waals surface area contributed by atoms with Gasteiger partial charge in [0.25, 0.3) is 0 Å². The number of benzene rings is 1. The second-order valence-electron chi connectivity index (χ2n) is 7.43. The van der Waals surface area contributed by atoms with Crippen molar-refractivity contribution < 1.29 is 13.2 Å². The van der Waals surface area contributed by atoms with Crippen LogP contribution in [-0.2, 0) is 0 Å². The van der Waals surface area contributed by atoms with E-state index in [1.807, 2.05) is 0 Å². The van der Waals surface area contributed by atoms with Gasteiger partial charge in [0.1, 0.15) is 0 Å². The van der Waals surface area contributed by atoms with Gasteiger partial charge in [-0.05, 0) is 55.2 Å². The molecular formula is C21H31F3. The van der Waals surface area contributed by atoms with Crippen molar-refractivity contribution in [2.24, 2.45) is 5.92 Å². The molecule has 0 amide bonds. The summed E-state index contributed by atoms with van der Waals surface area (Å²) in [5.74, 6) is -2.54. The SMILES string of the molecule is CCCCCCCCCC1CCC(c2cc(F)c(F)c(F)c2)CC1. The Morgan fingerprint density at radius 2 is 1.33 bits per heavy atom. The zero-order valence-electron chi connectivity index (χ0n) is 14.9. The maximum atomic E-state index is 13.4. The van der Waals surface area contributed by atoms with E-state index in [-0.39, 0.29) is 5.92 Å². The summed E-state index contributed by atoms with van der Waals surface area (Å²) in [6.07, 6.45) is 14.8. The Morgan fingerprint density at radius 1 is 0.792 bits per heavy atom.